The second-order valence-electron chi connectivity index (χ2n) is 8.75. The number of anilines is 1. The number of carbonyl (C=O) groups excluding carboxylic acids is 1. The quantitative estimate of drug-likeness (QED) is 0.553. The average Bonchev–Trinajstić information content (AvgIpc) is 3.11. The van der Waals surface area contributed by atoms with E-state index >= 15 is 0 Å². The van der Waals surface area contributed by atoms with Crippen molar-refractivity contribution in [1.82, 2.24) is 14.9 Å². The van der Waals surface area contributed by atoms with E-state index in [-0.39, 0.29) is 11.3 Å². The Kier molecular flexibility index (Phi) is 5.99. The molecule has 0 N–H and O–H groups in total. The fraction of sp³-hybridized carbons (Fsp3) is 0.762. The predicted octanol–water partition coefficient (Wildman–Crippen LogP) is 2.65. The van der Waals surface area contributed by atoms with Gasteiger partial charge in [-0.25, -0.2) is 14.8 Å². The predicted molar refractivity (Wildman–Crippen MR) is 107 cm³/mol. The van der Waals surface area contributed by atoms with Crippen molar-refractivity contribution in [1.29, 1.82) is 0 Å². The summed E-state index contributed by atoms with van der Waals surface area (Å²) >= 11 is 0. The van der Waals surface area contributed by atoms with Gasteiger partial charge in [-0.3, -0.25) is 4.90 Å². The Bertz CT molecular complexity index is 689. The van der Waals surface area contributed by atoms with Crippen LogP contribution in [0, 0.1) is 16.2 Å². The molecule has 2 atom stereocenters. The Morgan fingerprint density at radius 3 is 2.64 bits per heavy atom. The van der Waals surface area contributed by atoms with E-state index in [0.29, 0.717) is 23.6 Å². The lowest BCUT2D eigenvalue weighted by Gasteiger charge is -2.36. The van der Waals surface area contributed by atoms with E-state index in [9.17, 15) is 9.70 Å². The van der Waals surface area contributed by atoms with Gasteiger partial charge in [0, 0.05) is 49.9 Å². The van der Waals surface area contributed by atoms with Gasteiger partial charge in [0.05, 0.1) is 11.2 Å². The number of nitroso groups, excluding NO2 is 1. The molecule has 1 saturated carbocycles. The Hall–Kier alpha value is -1.89. The van der Waals surface area contributed by atoms with Crippen molar-refractivity contribution in [2.24, 2.45) is 11.3 Å². The fourth-order valence-electron chi connectivity index (χ4n) is 5.50. The normalized spacial score (nSPS) is 29.0. The minimum atomic E-state index is -0.182. The maximum atomic E-state index is 12.0. The van der Waals surface area contributed by atoms with Gasteiger partial charge in [0.2, 0.25) is 12.5 Å². The molecule has 0 bridgehead atoms. The second-order valence-corrected chi connectivity index (χ2v) is 8.75. The molecular weight excluding hydrogens is 354 g/mol. The van der Waals surface area contributed by atoms with Crippen LogP contribution in [-0.2, 0) is 4.79 Å². The maximum absolute atomic E-state index is 12.0. The summed E-state index contributed by atoms with van der Waals surface area (Å²) in [4.78, 5) is 37.0. The second kappa shape index (κ2) is 8.64. The van der Waals surface area contributed by atoms with E-state index in [2.05, 4.69) is 19.8 Å². The number of aromatic nitrogens is 2. The molecule has 7 nitrogen and oxygen atoms in total. The first-order valence-electron chi connectivity index (χ1n) is 10.9. The zero-order valence-corrected chi connectivity index (χ0v) is 16.8. The van der Waals surface area contributed by atoms with Crippen molar-refractivity contribution in [2.45, 2.75) is 51.4 Å². The molecule has 28 heavy (non-hydrogen) atoms. The molecule has 0 radical (unpaired) electrons. The molecule has 2 aliphatic heterocycles. The van der Waals surface area contributed by atoms with E-state index in [1.807, 2.05) is 6.07 Å². The summed E-state index contributed by atoms with van der Waals surface area (Å²) in [7, 11) is 0. The van der Waals surface area contributed by atoms with Gasteiger partial charge in [0.1, 0.15) is 0 Å². The summed E-state index contributed by atoms with van der Waals surface area (Å²) in [6, 6.07) is 1.86. The fourth-order valence-corrected chi connectivity index (χ4v) is 5.50. The molecule has 1 spiro atoms. The van der Waals surface area contributed by atoms with Gasteiger partial charge >= 0.3 is 5.91 Å². The van der Waals surface area contributed by atoms with Crippen LogP contribution >= 0.6 is 0 Å². The summed E-state index contributed by atoms with van der Waals surface area (Å²) in [5.41, 5.74) is 0.138. The topological polar surface area (TPSA) is 69.4 Å². The first-order valence-corrected chi connectivity index (χ1v) is 10.9. The highest BCUT2D eigenvalue weighted by Crippen LogP contribution is 2.52. The molecule has 1 amide bonds. The summed E-state index contributed by atoms with van der Waals surface area (Å²) in [5.74, 6) is 1.29. The number of hydrogen-bond acceptors (Lipinski definition) is 6. The standard InChI is InChI=1S/C21H32N5O2/c27-19-17-21(8-12-26(19)28)7-3-6-18(21)5-1-2-11-24-13-15-25(16-14-24)20-22-9-4-10-23-20/h4,9-10,18H,1-3,5-8,11-17H2/q+1. The average molecular weight is 387 g/mol. The third kappa shape index (κ3) is 4.24. The van der Waals surface area contributed by atoms with Crippen LogP contribution < -0.4 is 4.90 Å². The van der Waals surface area contributed by atoms with Crippen molar-refractivity contribution in [3.63, 3.8) is 0 Å². The van der Waals surface area contributed by atoms with Crippen LogP contribution in [-0.4, -0.2) is 64.8 Å². The minimum Gasteiger partial charge on any atom is -0.338 e. The number of nitrogens with zero attached hydrogens (tertiary/aromatic N) is 5. The van der Waals surface area contributed by atoms with Gasteiger partial charge in [-0.1, -0.05) is 12.8 Å². The van der Waals surface area contributed by atoms with Gasteiger partial charge in [0.25, 0.3) is 0 Å². The zero-order valence-electron chi connectivity index (χ0n) is 16.8. The Morgan fingerprint density at radius 1 is 1.11 bits per heavy atom. The molecule has 7 heteroatoms. The van der Waals surface area contributed by atoms with Crippen LogP contribution in [0.1, 0.15) is 51.4 Å². The molecule has 2 saturated heterocycles. The summed E-state index contributed by atoms with van der Waals surface area (Å²) in [5, 5.41) is 0. The Morgan fingerprint density at radius 2 is 1.89 bits per heavy atom. The third-order valence-corrected chi connectivity index (χ3v) is 7.17. The number of carbonyl (C=O) groups is 1. The summed E-state index contributed by atoms with van der Waals surface area (Å²) < 4.78 is 0.681. The van der Waals surface area contributed by atoms with E-state index < -0.39 is 0 Å². The molecule has 3 fully saturated rings. The van der Waals surface area contributed by atoms with E-state index in [1.54, 1.807) is 12.4 Å². The van der Waals surface area contributed by atoms with Crippen molar-refractivity contribution < 1.29 is 9.55 Å². The summed E-state index contributed by atoms with van der Waals surface area (Å²) in [6.45, 7) is 5.67. The number of rotatable bonds is 6. The number of piperidine rings is 1. The maximum Gasteiger partial charge on any atom is 0.433 e. The molecule has 152 valence electrons. The number of piperazine rings is 1. The highest BCUT2D eigenvalue weighted by atomic mass is 16.3. The van der Waals surface area contributed by atoms with Crippen molar-refractivity contribution in [2.75, 3.05) is 44.2 Å². The monoisotopic (exact) mass is 386 g/mol. The highest BCUT2D eigenvalue weighted by molar-refractivity contribution is 5.68. The van der Waals surface area contributed by atoms with Crippen molar-refractivity contribution in [3.05, 3.63) is 23.4 Å². The lowest BCUT2D eigenvalue weighted by Crippen LogP contribution is -2.47. The van der Waals surface area contributed by atoms with Gasteiger partial charge < -0.3 is 4.90 Å². The SMILES string of the molecule is O=C1CC2(CCCC2CCCCN2CCN(c3ncccn3)CC2)CC[N+]1=O. The van der Waals surface area contributed by atoms with Crippen molar-refractivity contribution in [3.8, 4) is 0 Å². The molecular formula is C21H32N5O2+. The van der Waals surface area contributed by atoms with Crippen LogP contribution in [0.5, 0.6) is 0 Å². The van der Waals surface area contributed by atoms with E-state index in [0.717, 1.165) is 51.5 Å². The van der Waals surface area contributed by atoms with Gasteiger partial charge in [-0.2, -0.15) is 0 Å². The number of amides is 1. The molecule has 0 aromatic carbocycles. The van der Waals surface area contributed by atoms with Gasteiger partial charge in [-0.05, 0) is 49.6 Å². The molecule has 3 aliphatic rings. The molecule has 2 unspecified atom stereocenters. The number of hydrogen-bond donors (Lipinski definition) is 0. The van der Waals surface area contributed by atoms with Crippen LogP contribution in [0.15, 0.2) is 18.5 Å². The lowest BCUT2D eigenvalue weighted by molar-refractivity contribution is -0.484. The van der Waals surface area contributed by atoms with Crippen LogP contribution in [0.25, 0.3) is 0 Å². The van der Waals surface area contributed by atoms with Crippen LogP contribution in [0.2, 0.25) is 0 Å². The Labute approximate surface area is 167 Å². The van der Waals surface area contributed by atoms with Crippen LogP contribution in [0.4, 0.5) is 5.95 Å². The zero-order chi connectivity index (χ0) is 19.4. The largest absolute Gasteiger partial charge is 0.433 e. The van der Waals surface area contributed by atoms with Gasteiger partial charge in [-0.15, -0.1) is 0 Å². The smallest absolute Gasteiger partial charge is 0.338 e. The molecule has 1 aliphatic carbocycles. The lowest BCUT2D eigenvalue weighted by atomic mass is 9.69. The minimum absolute atomic E-state index is 0.138. The Balaban J connectivity index is 1.17. The molecule has 1 aromatic heterocycles. The molecule has 4 rings (SSSR count). The van der Waals surface area contributed by atoms with E-state index in [1.165, 1.54) is 32.1 Å². The third-order valence-electron chi connectivity index (χ3n) is 7.17. The highest BCUT2D eigenvalue weighted by Gasteiger charge is 2.51. The van der Waals surface area contributed by atoms with Crippen LogP contribution in [0.3, 0.4) is 0 Å². The number of unbranched alkanes of at least 4 members (excludes halogenated alkanes) is 1. The molecule has 3 heterocycles. The first-order chi connectivity index (χ1) is 13.7. The molecule has 1 aromatic rings. The van der Waals surface area contributed by atoms with Crippen molar-refractivity contribution >= 4 is 11.9 Å². The van der Waals surface area contributed by atoms with Gasteiger partial charge in [0.15, 0.2) is 0 Å². The van der Waals surface area contributed by atoms with E-state index in [4.69, 9.17) is 0 Å². The first kappa shape index (κ1) is 19.4. The summed E-state index contributed by atoms with van der Waals surface area (Å²) in [6.07, 6.45) is 12.3.